The van der Waals surface area contributed by atoms with E-state index in [9.17, 15) is 4.79 Å². The zero-order valence-electron chi connectivity index (χ0n) is 9.47. The summed E-state index contributed by atoms with van der Waals surface area (Å²) in [7, 11) is 0. The Hall–Kier alpha value is -0.570. The number of amides is 1. The molecule has 0 aromatic heterocycles. The first-order chi connectivity index (χ1) is 6.58. The molecule has 1 unspecified atom stereocenters. The van der Waals surface area contributed by atoms with E-state index < -0.39 is 0 Å². The molecule has 1 saturated heterocycles. The molecule has 0 aromatic rings. The van der Waals surface area contributed by atoms with Crippen molar-refractivity contribution in [2.24, 2.45) is 11.8 Å². The van der Waals surface area contributed by atoms with Crippen LogP contribution in [0.15, 0.2) is 0 Å². The average Bonchev–Trinajstić information content (AvgIpc) is 1.94. The minimum Gasteiger partial charge on any atom is -0.354 e. The Labute approximate surface area is 86.6 Å². The minimum atomic E-state index is 0.213. The Morgan fingerprint density at radius 3 is 2.50 bits per heavy atom. The van der Waals surface area contributed by atoms with E-state index in [1.165, 1.54) is 0 Å². The van der Waals surface area contributed by atoms with Crippen LogP contribution in [-0.4, -0.2) is 25.0 Å². The molecule has 0 bridgehead atoms. The number of hydrogen-bond acceptors (Lipinski definition) is 2. The molecular weight excluding hydrogens is 176 g/mol. The Morgan fingerprint density at radius 2 is 2.07 bits per heavy atom. The highest BCUT2D eigenvalue weighted by molar-refractivity contribution is 5.76. The Balaban J connectivity index is 2.11. The number of hydrogen-bond donors (Lipinski definition) is 2. The summed E-state index contributed by atoms with van der Waals surface area (Å²) < 4.78 is 0. The van der Waals surface area contributed by atoms with Crippen molar-refractivity contribution in [3.8, 4) is 0 Å². The van der Waals surface area contributed by atoms with Gasteiger partial charge in [-0.2, -0.15) is 0 Å². The van der Waals surface area contributed by atoms with Gasteiger partial charge in [-0.3, -0.25) is 4.79 Å². The molecule has 3 heteroatoms. The lowest BCUT2D eigenvalue weighted by atomic mass is 9.98. The van der Waals surface area contributed by atoms with Gasteiger partial charge in [0.15, 0.2) is 0 Å². The van der Waals surface area contributed by atoms with Gasteiger partial charge in [-0.25, -0.2) is 0 Å². The van der Waals surface area contributed by atoms with Crippen LogP contribution in [0.2, 0.25) is 0 Å². The molecule has 1 aliphatic rings. The molecule has 14 heavy (non-hydrogen) atoms. The molecule has 82 valence electrons. The molecule has 0 saturated carbocycles. The lowest BCUT2D eigenvalue weighted by molar-refractivity contribution is -0.123. The van der Waals surface area contributed by atoms with Crippen LogP contribution in [-0.2, 0) is 4.79 Å². The zero-order valence-corrected chi connectivity index (χ0v) is 9.47. The first-order valence-electron chi connectivity index (χ1n) is 5.58. The molecule has 0 aromatic carbocycles. The van der Waals surface area contributed by atoms with Crippen molar-refractivity contribution in [3.63, 3.8) is 0 Å². The smallest absolute Gasteiger partial charge is 0.220 e. The molecule has 3 nitrogen and oxygen atoms in total. The van der Waals surface area contributed by atoms with Crippen LogP contribution in [0.5, 0.6) is 0 Å². The fourth-order valence-corrected chi connectivity index (χ4v) is 1.85. The van der Waals surface area contributed by atoms with Crippen LogP contribution in [0.25, 0.3) is 0 Å². The van der Waals surface area contributed by atoms with E-state index in [0.717, 1.165) is 19.5 Å². The van der Waals surface area contributed by atoms with Gasteiger partial charge in [0.1, 0.15) is 0 Å². The van der Waals surface area contributed by atoms with Crippen molar-refractivity contribution >= 4 is 5.91 Å². The van der Waals surface area contributed by atoms with Gasteiger partial charge in [0, 0.05) is 12.5 Å². The van der Waals surface area contributed by atoms with E-state index in [4.69, 9.17) is 0 Å². The quantitative estimate of drug-likeness (QED) is 0.695. The van der Waals surface area contributed by atoms with Gasteiger partial charge >= 0.3 is 0 Å². The lowest BCUT2D eigenvalue weighted by Gasteiger charge is -2.27. The van der Waals surface area contributed by atoms with E-state index in [-0.39, 0.29) is 5.91 Å². The topological polar surface area (TPSA) is 41.1 Å². The fraction of sp³-hybridized carbons (Fsp3) is 0.909. The standard InChI is InChI=1S/C11H22N2O/c1-8(2)4-9(3)13-11(14)5-10-6-12-7-10/h8-10,12H,4-7H2,1-3H3,(H,13,14). The molecule has 2 N–H and O–H groups in total. The first-order valence-corrected chi connectivity index (χ1v) is 5.58. The van der Waals surface area contributed by atoms with Gasteiger partial charge in [-0.15, -0.1) is 0 Å². The first kappa shape index (κ1) is 11.5. The zero-order chi connectivity index (χ0) is 10.6. The summed E-state index contributed by atoms with van der Waals surface area (Å²) in [6, 6.07) is 0.315. The molecule has 0 aliphatic carbocycles. The summed E-state index contributed by atoms with van der Waals surface area (Å²) in [6.07, 6.45) is 1.75. The summed E-state index contributed by atoms with van der Waals surface area (Å²) >= 11 is 0. The monoisotopic (exact) mass is 198 g/mol. The van der Waals surface area contributed by atoms with Crippen molar-refractivity contribution in [3.05, 3.63) is 0 Å². The summed E-state index contributed by atoms with van der Waals surface area (Å²) in [5, 5.41) is 6.22. The molecule has 1 amide bonds. The maximum atomic E-state index is 11.5. The summed E-state index contributed by atoms with van der Waals surface area (Å²) in [6.45, 7) is 8.45. The summed E-state index contributed by atoms with van der Waals surface area (Å²) in [4.78, 5) is 11.5. The predicted octanol–water partition coefficient (Wildman–Crippen LogP) is 1.15. The fourth-order valence-electron chi connectivity index (χ4n) is 1.85. The van der Waals surface area contributed by atoms with Crippen molar-refractivity contribution in [2.45, 2.75) is 39.7 Å². The molecule has 1 rings (SSSR count). The third-order valence-electron chi connectivity index (χ3n) is 2.57. The molecular formula is C11H22N2O. The van der Waals surface area contributed by atoms with E-state index in [1.807, 2.05) is 0 Å². The SMILES string of the molecule is CC(C)CC(C)NC(=O)CC1CNC1. The van der Waals surface area contributed by atoms with Gasteiger partial charge < -0.3 is 10.6 Å². The van der Waals surface area contributed by atoms with E-state index in [2.05, 4.69) is 31.4 Å². The van der Waals surface area contributed by atoms with Crippen molar-refractivity contribution in [1.29, 1.82) is 0 Å². The lowest BCUT2D eigenvalue weighted by Crippen LogP contribution is -2.45. The van der Waals surface area contributed by atoms with Crippen molar-refractivity contribution in [1.82, 2.24) is 10.6 Å². The van der Waals surface area contributed by atoms with Gasteiger partial charge in [-0.1, -0.05) is 13.8 Å². The molecule has 0 radical (unpaired) electrons. The third kappa shape index (κ3) is 4.09. The third-order valence-corrected chi connectivity index (χ3v) is 2.57. The van der Waals surface area contributed by atoms with Crippen LogP contribution in [0.1, 0.15) is 33.6 Å². The Morgan fingerprint density at radius 1 is 1.43 bits per heavy atom. The maximum Gasteiger partial charge on any atom is 0.220 e. The second-order valence-corrected chi connectivity index (χ2v) is 4.83. The van der Waals surface area contributed by atoms with Gasteiger partial charge in [0.25, 0.3) is 0 Å². The summed E-state index contributed by atoms with van der Waals surface area (Å²) in [5.74, 6) is 1.43. The molecule has 0 spiro atoms. The van der Waals surface area contributed by atoms with E-state index in [1.54, 1.807) is 0 Å². The van der Waals surface area contributed by atoms with Crippen molar-refractivity contribution in [2.75, 3.05) is 13.1 Å². The van der Waals surface area contributed by atoms with Crippen molar-refractivity contribution < 1.29 is 4.79 Å². The van der Waals surface area contributed by atoms with E-state index in [0.29, 0.717) is 24.3 Å². The number of rotatable bonds is 5. The minimum absolute atomic E-state index is 0.213. The normalized spacial score (nSPS) is 19.1. The molecule has 1 aliphatic heterocycles. The maximum absolute atomic E-state index is 11.5. The second-order valence-electron chi connectivity index (χ2n) is 4.83. The number of carbonyl (C=O) groups excluding carboxylic acids is 1. The van der Waals surface area contributed by atoms with Crippen LogP contribution in [0.3, 0.4) is 0 Å². The predicted molar refractivity (Wildman–Crippen MR) is 58.0 cm³/mol. The highest BCUT2D eigenvalue weighted by atomic mass is 16.1. The van der Waals surface area contributed by atoms with Gasteiger partial charge in [0.05, 0.1) is 0 Å². The van der Waals surface area contributed by atoms with Crippen LogP contribution >= 0.6 is 0 Å². The molecule has 1 fully saturated rings. The summed E-state index contributed by atoms with van der Waals surface area (Å²) in [5.41, 5.74) is 0. The van der Waals surface area contributed by atoms with Crippen LogP contribution in [0, 0.1) is 11.8 Å². The Kier molecular flexibility index (Phi) is 4.39. The Bertz CT molecular complexity index is 188. The average molecular weight is 198 g/mol. The number of carbonyl (C=O) groups is 1. The second kappa shape index (κ2) is 5.35. The van der Waals surface area contributed by atoms with Gasteiger partial charge in [0.2, 0.25) is 5.91 Å². The highest BCUT2D eigenvalue weighted by Crippen LogP contribution is 2.09. The molecule has 1 heterocycles. The molecule has 1 atom stereocenters. The van der Waals surface area contributed by atoms with E-state index >= 15 is 0 Å². The van der Waals surface area contributed by atoms with Crippen LogP contribution < -0.4 is 10.6 Å². The van der Waals surface area contributed by atoms with Gasteiger partial charge in [-0.05, 0) is 38.3 Å². The highest BCUT2D eigenvalue weighted by Gasteiger charge is 2.20. The van der Waals surface area contributed by atoms with Crippen LogP contribution in [0.4, 0.5) is 0 Å². The number of nitrogens with one attached hydrogen (secondary N) is 2. The largest absolute Gasteiger partial charge is 0.354 e.